The molecule has 1 aromatic rings. The highest BCUT2D eigenvalue weighted by Crippen LogP contribution is 2.33. The van der Waals surface area contributed by atoms with Crippen LogP contribution in [0.2, 0.25) is 0 Å². The van der Waals surface area contributed by atoms with E-state index in [0.29, 0.717) is 12.1 Å². The maximum absolute atomic E-state index is 13.0. The molecule has 0 spiro atoms. The van der Waals surface area contributed by atoms with E-state index in [0.717, 1.165) is 24.9 Å². The first kappa shape index (κ1) is 17.0. The first-order valence-electron chi connectivity index (χ1n) is 9.07. The van der Waals surface area contributed by atoms with Crippen molar-refractivity contribution in [3.8, 4) is 0 Å². The zero-order chi connectivity index (χ0) is 17.1. The molecule has 5 heteroatoms. The summed E-state index contributed by atoms with van der Waals surface area (Å²) in [5.41, 5.74) is 1.53. The number of benzene rings is 1. The fourth-order valence-corrected chi connectivity index (χ4v) is 3.75. The van der Waals surface area contributed by atoms with Crippen LogP contribution < -0.4 is 10.2 Å². The van der Waals surface area contributed by atoms with Crippen molar-refractivity contribution < 1.29 is 14.5 Å². The molecule has 0 aromatic heterocycles. The van der Waals surface area contributed by atoms with Crippen LogP contribution in [0.1, 0.15) is 54.1 Å². The van der Waals surface area contributed by atoms with Gasteiger partial charge in [-0.25, -0.2) is 0 Å². The molecule has 0 radical (unpaired) electrons. The number of amides is 2. The summed E-state index contributed by atoms with van der Waals surface area (Å²) < 4.78 is 0. The lowest BCUT2D eigenvalue weighted by atomic mass is 9.95. The topological polar surface area (TPSA) is 53.9 Å². The molecule has 1 aliphatic carbocycles. The van der Waals surface area contributed by atoms with Crippen molar-refractivity contribution in [2.45, 2.75) is 44.2 Å². The largest absolute Gasteiger partial charge is 0.351 e. The minimum absolute atomic E-state index is 0.0179. The van der Waals surface area contributed by atoms with Crippen LogP contribution in [0.3, 0.4) is 0 Å². The maximum Gasteiger partial charge on any atom is 0.255 e. The second-order valence-corrected chi connectivity index (χ2v) is 7.29. The van der Waals surface area contributed by atoms with Gasteiger partial charge in [-0.3, -0.25) is 9.59 Å². The van der Waals surface area contributed by atoms with E-state index in [1.807, 2.05) is 24.3 Å². The van der Waals surface area contributed by atoms with Crippen molar-refractivity contribution in [2.75, 3.05) is 27.2 Å². The number of carbonyl (C=O) groups is 2. The van der Waals surface area contributed by atoms with Crippen molar-refractivity contribution in [3.63, 3.8) is 0 Å². The van der Waals surface area contributed by atoms with Crippen LogP contribution in [-0.4, -0.2) is 49.9 Å². The molecule has 1 heterocycles. The molecular weight excluding hydrogens is 302 g/mol. The van der Waals surface area contributed by atoms with Gasteiger partial charge in [0.2, 0.25) is 5.91 Å². The summed E-state index contributed by atoms with van der Waals surface area (Å²) in [6, 6.07) is 7.31. The number of carbonyl (C=O) groups excluding carboxylic acids is 2. The zero-order valence-electron chi connectivity index (χ0n) is 14.7. The lowest BCUT2D eigenvalue weighted by molar-refractivity contribution is -0.857. The Hall–Kier alpha value is -1.88. The highest BCUT2D eigenvalue weighted by molar-refractivity contribution is 6.04. The number of quaternary nitrogens is 1. The summed E-state index contributed by atoms with van der Waals surface area (Å²) in [6.07, 6.45) is 5.72. The third-order valence-electron chi connectivity index (χ3n) is 5.11. The van der Waals surface area contributed by atoms with E-state index in [2.05, 4.69) is 19.4 Å². The second kappa shape index (κ2) is 7.34. The maximum atomic E-state index is 13.0. The summed E-state index contributed by atoms with van der Waals surface area (Å²) in [5.74, 6) is -0.0374. The first-order chi connectivity index (χ1) is 11.6. The zero-order valence-corrected chi connectivity index (χ0v) is 14.7. The van der Waals surface area contributed by atoms with Gasteiger partial charge >= 0.3 is 0 Å². The fourth-order valence-electron chi connectivity index (χ4n) is 3.75. The lowest BCUT2D eigenvalue weighted by Crippen LogP contribution is -3.06. The molecule has 1 saturated carbocycles. The molecule has 130 valence electrons. The molecule has 1 atom stereocenters. The van der Waals surface area contributed by atoms with Crippen LogP contribution in [0.4, 0.5) is 0 Å². The number of fused-ring (bicyclic) bond motifs is 1. The Morgan fingerprint density at radius 1 is 1.21 bits per heavy atom. The fraction of sp³-hybridized carbons (Fsp3) is 0.579. The molecule has 24 heavy (non-hydrogen) atoms. The Labute approximate surface area is 144 Å². The molecule has 3 rings (SSSR count). The van der Waals surface area contributed by atoms with Gasteiger partial charge < -0.3 is 15.1 Å². The highest BCUT2D eigenvalue weighted by atomic mass is 16.2. The molecular formula is C19H28N3O2+. The molecule has 2 aliphatic rings. The molecule has 5 nitrogen and oxygen atoms in total. The van der Waals surface area contributed by atoms with Gasteiger partial charge in [-0.1, -0.05) is 37.5 Å². The van der Waals surface area contributed by atoms with E-state index < -0.39 is 6.04 Å². The monoisotopic (exact) mass is 330 g/mol. The van der Waals surface area contributed by atoms with Gasteiger partial charge in [-0.05, 0) is 24.5 Å². The number of nitrogens with one attached hydrogen (secondary N) is 2. The minimum atomic E-state index is -0.477. The molecule has 1 aromatic carbocycles. The number of hydrogen-bond donors (Lipinski definition) is 2. The summed E-state index contributed by atoms with van der Waals surface area (Å²) in [5, 5.41) is 3.20. The van der Waals surface area contributed by atoms with E-state index in [1.165, 1.54) is 24.2 Å². The molecule has 0 bridgehead atoms. The Kier molecular flexibility index (Phi) is 5.19. The Bertz CT molecular complexity index is 608. The summed E-state index contributed by atoms with van der Waals surface area (Å²) >= 11 is 0. The summed E-state index contributed by atoms with van der Waals surface area (Å²) in [4.78, 5) is 28.7. The third-order valence-corrected chi connectivity index (χ3v) is 5.11. The van der Waals surface area contributed by atoms with E-state index in [9.17, 15) is 9.59 Å². The van der Waals surface area contributed by atoms with Crippen LogP contribution in [0.25, 0.3) is 0 Å². The molecule has 1 unspecified atom stereocenters. The molecule has 1 fully saturated rings. The van der Waals surface area contributed by atoms with Crippen molar-refractivity contribution in [1.29, 1.82) is 0 Å². The van der Waals surface area contributed by atoms with Crippen LogP contribution in [-0.2, 0) is 4.79 Å². The Balaban J connectivity index is 1.80. The second-order valence-electron chi connectivity index (χ2n) is 7.29. The van der Waals surface area contributed by atoms with Gasteiger partial charge in [0.1, 0.15) is 6.04 Å². The molecule has 1 aliphatic heterocycles. The van der Waals surface area contributed by atoms with Gasteiger partial charge in [0.05, 0.1) is 27.2 Å². The van der Waals surface area contributed by atoms with Crippen LogP contribution in [0.15, 0.2) is 24.3 Å². The quantitative estimate of drug-likeness (QED) is 0.838. The smallest absolute Gasteiger partial charge is 0.255 e. The van der Waals surface area contributed by atoms with Gasteiger partial charge in [0.25, 0.3) is 5.91 Å². The van der Waals surface area contributed by atoms with Crippen LogP contribution in [0.5, 0.6) is 0 Å². The average molecular weight is 330 g/mol. The highest BCUT2D eigenvalue weighted by Gasteiger charge is 2.41. The van der Waals surface area contributed by atoms with Gasteiger partial charge in [-0.15, -0.1) is 0 Å². The first-order valence-corrected chi connectivity index (χ1v) is 9.07. The van der Waals surface area contributed by atoms with Crippen LogP contribution in [0, 0.1) is 0 Å². The Morgan fingerprint density at radius 3 is 2.62 bits per heavy atom. The molecule has 2 N–H and O–H groups in total. The number of hydrogen-bond acceptors (Lipinski definition) is 2. The average Bonchev–Trinajstić information content (AvgIpc) is 2.86. The Morgan fingerprint density at radius 2 is 1.92 bits per heavy atom. The van der Waals surface area contributed by atoms with E-state index >= 15 is 0 Å². The molecule has 2 amide bonds. The van der Waals surface area contributed by atoms with Crippen molar-refractivity contribution in [3.05, 3.63) is 35.4 Å². The van der Waals surface area contributed by atoms with E-state index in [4.69, 9.17) is 0 Å². The normalized spacial score (nSPS) is 21.2. The number of nitrogens with zero attached hydrogens (tertiary/aromatic N) is 1. The van der Waals surface area contributed by atoms with Crippen LogP contribution >= 0.6 is 0 Å². The molecule has 0 saturated heterocycles. The van der Waals surface area contributed by atoms with Crippen molar-refractivity contribution in [1.82, 2.24) is 10.2 Å². The van der Waals surface area contributed by atoms with Gasteiger partial charge in [-0.2, -0.15) is 0 Å². The van der Waals surface area contributed by atoms with Crippen molar-refractivity contribution in [2.24, 2.45) is 0 Å². The van der Waals surface area contributed by atoms with Gasteiger partial charge in [0, 0.05) is 11.6 Å². The minimum Gasteiger partial charge on any atom is -0.351 e. The summed E-state index contributed by atoms with van der Waals surface area (Å²) in [6.45, 7) is 1.42. The van der Waals surface area contributed by atoms with E-state index in [-0.39, 0.29) is 17.9 Å². The number of rotatable bonds is 5. The van der Waals surface area contributed by atoms with Crippen molar-refractivity contribution >= 4 is 11.8 Å². The summed E-state index contributed by atoms with van der Waals surface area (Å²) in [7, 11) is 4.12. The lowest BCUT2D eigenvalue weighted by Gasteiger charge is -2.28. The standard InChI is InChI=1S/C19H27N3O2/c1-21(2)12-13-22-17(15-10-6-7-11-16(15)19(22)24)18(23)20-14-8-4-3-5-9-14/h6-7,10-11,14,17H,3-5,8-9,12-13H2,1-2H3,(H,20,23)/p+1. The predicted octanol–water partition coefficient (Wildman–Crippen LogP) is 0.777. The van der Waals surface area contributed by atoms with E-state index in [1.54, 1.807) is 4.90 Å². The SMILES string of the molecule is C[NH+](C)CCN1C(=O)c2ccccc2C1C(=O)NC1CCCCC1. The predicted molar refractivity (Wildman–Crippen MR) is 92.9 cm³/mol. The third kappa shape index (κ3) is 3.46. The number of likely N-dealkylation sites (N-methyl/N-ethyl adjacent to an activating group) is 1. The van der Waals surface area contributed by atoms with Gasteiger partial charge in [0.15, 0.2) is 0 Å².